The molecule has 4 heteroatoms. The molecular formula is C18H17Cl2OTi. The van der Waals surface area contributed by atoms with E-state index in [0.29, 0.717) is 0 Å². The predicted octanol–water partition coefficient (Wildman–Crippen LogP) is -1.99. The van der Waals surface area contributed by atoms with E-state index in [1.807, 2.05) is 48.5 Å². The molecule has 22 heavy (non-hydrogen) atoms. The first-order valence-electron chi connectivity index (χ1n) is 6.37. The van der Waals surface area contributed by atoms with Gasteiger partial charge in [0, 0.05) is 0 Å². The molecular weight excluding hydrogens is 351 g/mol. The SMILES string of the molecule is OCc1ccccc1.[Cl-].[Cl-].[Ti+3].[c-]1ccccc1C1=CC=CC1. The molecule has 0 aromatic heterocycles. The Hall–Kier alpha value is -0.826. The Morgan fingerprint density at radius 3 is 2.09 bits per heavy atom. The van der Waals surface area contributed by atoms with Gasteiger partial charge in [0.05, 0.1) is 6.61 Å². The zero-order valence-corrected chi connectivity index (χ0v) is 15.1. The molecule has 0 saturated carbocycles. The summed E-state index contributed by atoms with van der Waals surface area (Å²) in [4.78, 5) is 0. The van der Waals surface area contributed by atoms with Crippen molar-refractivity contribution < 1.29 is 51.6 Å². The van der Waals surface area contributed by atoms with Crippen molar-refractivity contribution in [2.24, 2.45) is 0 Å². The molecule has 1 N–H and O–H groups in total. The van der Waals surface area contributed by atoms with E-state index in [-0.39, 0.29) is 53.1 Å². The van der Waals surface area contributed by atoms with Gasteiger partial charge in [-0.15, -0.1) is 47.5 Å². The van der Waals surface area contributed by atoms with Gasteiger partial charge in [-0.3, -0.25) is 0 Å². The molecule has 2 aromatic rings. The second kappa shape index (κ2) is 13.8. The molecule has 0 spiro atoms. The molecule has 0 atom stereocenters. The van der Waals surface area contributed by atoms with Crippen LogP contribution >= 0.6 is 0 Å². The first-order chi connectivity index (χ1) is 9.40. The molecule has 0 amide bonds. The topological polar surface area (TPSA) is 20.2 Å². The van der Waals surface area contributed by atoms with Gasteiger partial charge in [0.25, 0.3) is 0 Å². The Labute approximate surface area is 159 Å². The van der Waals surface area contributed by atoms with Crippen molar-refractivity contribution in [3.05, 3.63) is 90.0 Å². The normalized spacial score (nSPS) is 10.9. The number of aliphatic hydroxyl groups is 1. The van der Waals surface area contributed by atoms with Crippen molar-refractivity contribution in [2.75, 3.05) is 0 Å². The van der Waals surface area contributed by atoms with Gasteiger partial charge < -0.3 is 29.9 Å². The molecule has 1 aliphatic carbocycles. The second-order valence-electron chi connectivity index (χ2n) is 4.24. The molecule has 0 aliphatic heterocycles. The maximum Gasteiger partial charge on any atom is 3.00 e. The fourth-order valence-electron chi connectivity index (χ4n) is 1.82. The van der Waals surface area contributed by atoms with Crippen LogP contribution in [0.15, 0.2) is 72.8 Å². The third kappa shape index (κ3) is 7.98. The summed E-state index contributed by atoms with van der Waals surface area (Å²) in [6.45, 7) is 0.140. The Morgan fingerprint density at radius 1 is 0.955 bits per heavy atom. The number of hydrogen-bond acceptors (Lipinski definition) is 1. The fraction of sp³-hybridized carbons (Fsp3) is 0.111. The fourth-order valence-corrected chi connectivity index (χ4v) is 1.82. The largest absolute Gasteiger partial charge is 3.00 e. The van der Waals surface area contributed by atoms with Gasteiger partial charge in [-0.05, 0) is 12.0 Å². The van der Waals surface area contributed by atoms with Crippen LogP contribution in [-0.2, 0) is 28.3 Å². The number of rotatable bonds is 2. The van der Waals surface area contributed by atoms with E-state index in [1.165, 1.54) is 11.1 Å². The number of aliphatic hydroxyl groups excluding tert-OH is 1. The maximum atomic E-state index is 8.54. The number of halogens is 2. The minimum atomic E-state index is 0. The van der Waals surface area contributed by atoms with Gasteiger partial charge in [-0.1, -0.05) is 42.5 Å². The van der Waals surface area contributed by atoms with Crippen molar-refractivity contribution >= 4 is 5.57 Å². The van der Waals surface area contributed by atoms with Crippen LogP contribution in [0, 0.1) is 6.07 Å². The average Bonchev–Trinajstić information content (AvgIpc) is 3.04. The zero-order valence-electron chi connectivity index (χ0n) is 12.0. The van der Waals surface area contributed by atoms with Gasteiger partial charge in [0.15, 0.2) is 0 Å². The molecule has 0 bridgehead atoms. The summed E-state index contributed by atoms with van der Waals surface area (Å²) >= 11 is 0. The Morgan fingerprint density at radius 2 is 1.64 bits per heavy atom. The van der Waals surface area contributed by atoms with E-state index in [2.05, 4.69) is 30.4 Å². The zero-order chi connectivity index (χ0) is 13.3. The van der Waals surface area contributed by atoms with Gasteiger partial charge in [0.2, 0.25) is 0 Å². The number of benzene rings is 2. The molecule has 1 aliphatic rings. The first kappa shape index (κ1) is 23.4. The molecule has 1 nitrogen and oxygen atoms in total. The van der Waals surface area contributed by atoms with Crippen molar-refractivity contribution in [1.29, 1.82) is 0 Å². The first-order valence-corrected chi connectivity index (χ1v) is 6.37. The minimum Gasteiger partial charge on any atom is -1.00 e. The monoisotopic (exact) mass is 367 g/mol. The molecule has 113 valence electrons. The van der Waals surface area contributed by atoms with Crippen molar-refractivity contribution in [2.45, 2.75) is 13.0 Å². The summed E-state index contributed by atoms with van der Waals surface area (Å²) in [6.07, 6.45) is 7.46. The van der Waals surface area contributed by atoms with Crippen LogP contribution in [0.5, 0.6) is 0 Å². The average molecular weight is 368 g/mol. The molecule has 0 unspecified atom stereocenters. The van der Waals surface area contributed by atoms with Gasteiger partial charge >= 0.3 is 21.7 Å². The summed E-state index contributed by atoms with van der Waals surface area (Å²) in [7, 11) is 0. The Kier molecular flexibility index (Phi) is 14.7. The van der Waals surface area contributed by atoms with E-state index in [1.54, 1.807) is 0 Å². The number of hydrogen-bond donors (Lipinski definition) is 1. The van der Waals surface area contributed by atoms with Crippen molar-refractivity contribution in [3.8, 4) is 0 Å². The van der Waals surface area contributed by atoms with E-state index in [0.717, 1.165) is 12.0 Å². The van der Waals surface area contributed by atoms with Crippen LogP contribution in [0.25, 0.3) is 5.57 Å². The third-order valence-electron chi connectivity index (χ3n) is 2.85. The smallest absolute Gasteiger partial charge is 1.00 e. The van der Waals surface area contributed by atoms with E-state index < -0.39 is 0 Å². The van der Waals surface area contributed by atoms with Crippen LogP contribution < -0.4 is 24.8 Å². The van der Waals surface area contributed by atoms with Gasteiger partial charge in [0.1, 0.15) is 0 Å². The molecule has 1 radical (unpaired) electrons. The predicted molar refractivity (Wildman–Crippen MR) is 79.4 cm³/mol. The maximum absolute atomic E-state index is 8.54. The van der Waals surface area contributed by atoms with Crippen molar-refractivity contribution in [3.63, 3.8) is 0 Å². The van der Waals surface area contributed by atoms with Crippen LogP contribution in [0.1, 0.15) is 17.5 Å². The van der Waals surface area contributed by atoms with Crippen LogP contribution in [0.4, 0.5) is 0 Å². The Bertz CT molecular complexity index is 554. The minimum absolute atomic E-state index is 0. The van der Waals surface area contributed by atoms with Crippen LogP contribution in [0.3, 0.4) is 0 Å². The third-order valence-corrected chi connectivity index (χ3v) is 2.85. The molecule has 0 heterocycles. The summed E-state index contributed by atoms with van der Waals surface area (Å²) in [5.41, 5.74) is 3.55. The second-order valence-corrected chi connectivity index (χ2v) is 4.24. The summed E-state index contributed by atoms with van der Waals surface area (Å²) < 4.78 is 0. The van der Waals surface area contributed by atoms with Crippen LogP contribution in [0.2, 0.25) is 0 Å². The standard InChI is InChI=1S/C11H9.C7H8O.2ClH.Ti/c1-2-6-10(7-3-1)11-8-4-5-9-11;8-6-7-4-2-1-3-5-7;;;/h1-6,8H,9H2;1-5,8H,6H2;2*1H;/q-1;;;;+3/p-2. The Balaban J connectivity index is 0. The van der Waals surface area contributed by atoms with Gasteiger partial charge in [-0.2, -0.15) is 0 Å². The van der Waals surface area contributed by atoms with E-state index in [4.69, 9.17) is 5.11 Å². The molecule has 2 aromatic carbocycles. The molecule has 0 saturated heterocycles. The number of allylic oxidation sites excluding steroid dienone is 4. The van der Waals surface area contributed by atoms with E-state index in [9.17, 15) is 0 Å². The van der Waals surface area contributed by atoms with E-state index >= 15 is 0 Å². The molecule has 3 rings (SSSR count). The van der Waals surface area contributed by atoms with Gasteiger partial charge in [-0.25, -0.2) is 0 Å². The van der Waals surface area contributed by atoms with Crippen LogP contribution in [-0.4, -0.2) is 5.11 Å². The van der Waals surface area contributed by atoms with Crippen molar-refractivity contribution in [1.82, 2.24) is 0 Å². The quantitative estimate of drug-likeness (QED) is 0.481. The summed E-state index contributed by atoms with van der Waals surface area (Å²) in [5, 5.41) is 8.54. The summed E-state index contributed by atoms with van der Waals surface area (Å²) in [5.74, 6) is 0. The summed E-state index contributed by atoms with van der Waals surface area (Å²) in [6, 6.07) is 20.8. The molecule has 0 fully saturated rings.